The Kier molecular flexibility index (Phi) is 2.88. The van der Waals surface area contributed by atoms with Crippen LogP contribution in [0.5, 0.6) is 0 Å². The Morgan fingerprint density at radius 2 is 1.35 bits per heavy atom. The molecule has 1 heterocycles. The Morgan fingerprint density at radius 3 is 2.20 bits per heavy atom. The van der Waals surface area contributed by atoms with E-state index >= 15 is 0 Å². The Balaban J connectivity index is 2.22. The van der Waals surface area contributed by atoms with Gasteiger partial charge in [-0.2, -0.15) is 0 Å². The molecule has 0 unspecified atom stereocenters. The molecule has 0 amide bonds. The van der Waals surface area contributed by atoms with Crippen LogP contribution in [0.2, 0.25) is 0 Å². The second-order valence-electron chi connectivity index (χ2n) is 5.04. The summed E-state index contributed by atoms with van der Waals surface area (Å²) in [7, 11) is 0. The first-order valence-corrected chi connectivity index (χ1v) is 9.50. The molecule has 2 heteroatoms. The van der Waals surface area contributed by atoms with Crippen LogP contribution in [0, 0.1) is 0 Å². The fraction of sp³-hybridized carbons (Fsp3) is 0. The van der Waals surface area contributed by atoms with Crippen LogP contribution < -0.4 is 3.07 Å². The van der Waals surface area contributed by atoms with Crippen molar-refractivity contribution in [3.8, 4) is 5.69 Å². The van der Waals surface area contributed by atoms with Gasteiger partial charge in [0.1, 0.15) is 0 Å². The van der Waals surface area contributed by atoms with E-state index in [2.05, 4.69) is 77.4 Å². The van der Waals surface area contributed by atoms with Gasteiger partial charge < -0.3 is 0 Å². The summed E-state index contributed by atoms with van der Waals surface area (Å²) in [6, 6.07) is 26.2. The Hall–Kier alpha value is -1.60. The number of rotatable bonds is 1. The van der Waals surface area contributed by atoms with Gasteiger partial charge in [0.15, 0.2) is 0 Å². The van der Waals surface area contributed by atoms with Crippen LogP contribution >= 0.6 is 0 Å². The molecule has 0 saturated heterocycles. The molecule has 3 aromatic carbocycles. The van der Waals surface area contributed by atoms with E-state index in [1.54, 1.807) is 0 Å². The fourth-order valence-electron chi connectivity index (χ4n) is 2.88. The standard InChI is InChI=1S/C18H12N.Hg/c1-2-8-14(9-3-1)19-17-12-6-4-10-15(17)16-11-5-7-13-18(16)19;/h1-4,6-13H;. The average Bonchev–Trinajstić information content (AvgIpc) is 2.82. The average molecular weight is 443 g/mol. The van der Waals surface area contributed by atoms with Gasteiger partial charge in [-0.15, -0.1) is 0 Å². The molecule has 0 fully saturated rings. The van der Waals surface area contributed by atoms with Crippen LogP contribution in [0.25, 0.3) is 27.5 Å². The van der Waals surface area contributed by atoms with Crippen molar-refractivity contribution in [3.05, 3.63) is 72.8 Å². The minimum absolute atomic E-state index is 0.667. The molecule has 1 nitrogen and oxygen atoms in total. The molecule has 0 N–H and O–H groups in total. The van der Waals surface area contributed by atoms with Gasteiger partial charge >= 0.3 is 134 Å². The summed E-state index contributed by atoms with van der Waals surface area (Å²) in [4.78, 5) is 0. The number of fused-ring (bicyclic) bond motifs is 3. The molecule has 1 aromatic heterocycles. The van der Waals surface area contributed by atoms with Gasteiger partial charge in [-0.3, -0.25) is 0 Å². The summed E-state index contributed by atoms with van der Waals surface area (Å²) in [6.45, 7) is 0. The molecule has 0 aliphatic rings. The van der Waals surface area contributed by atoms with Crippen molar-refractivity contribution in [1.82, 2.24) is 4.57 Å². The first-order valence-electron chi connectivity index (χ1n) is 6.75. The summed E-state index contributed by atoms with van der Waals surface area (Å²) in [5.41, 5.74) is 3.81. The van der Waals surface area contributed by atoms with Gasteiger partial charge in [-0.1, -0.05) is 0 Å². The van der Waals surface area contributed by atoms with E-state index in [4.69, 9.17) is 0 Å². The van der Waals surface area contributed by atoms with Crippen LogP contribution in [-0.4, -0.2) is 4.57 Å². The summed E-state index contributed by atoms with van der Waals surface area (Å²) >= 11 is 0.667. The van der Waals surface area contributed by atoms with Crippen molar-refractivity contribution in [3.63, 3.8) is 0 Å². The van der Waals surface area contributed by atoms with Gasteiger partial charge in [0.2, 0.25) is 0 Å². The molecule has 4 rings (SSSR count). The van der Waals surface area contributed by atoms with E-state index in [-0.39, 0.29) is 0 Å². The van der Waals surface area contributed by atoms with E-state index in [1.165, 1.54) is 30.6 Å². The quantitative estimate of drug-likeness (QED) is 0.393. The Bertz CT molecular complexity index is 907. The molecule has 0 radical (unpaired) electrons. The molecule has 0 atom stereocenters. The van der Waals surface area contributed by atoms with Crippen LogP contribution in [0.15, 0.2) is 72.8 Å². The maximum atomic E-state index is 2.36. The van der Waals surface area contributed by atoms with E-state index < -0.39 is 0 Å². The number of hydrogen-bond acceptors (Lipinski definition) is 0. The number of aromatic nitrogens is 1. The third-order valence-corrected chi connectivity index (χ3v) is 5.46. The molecule has 0 saturated carbocycles. The molecule has 0 aliphatic carbocycles. The maximum absolute atomic E-state index is 2.36. The summed E-state index contributed by atoms with van der Waals surface area (Å²) in [5, 5.41) is 2.72. The summed E-state index contributed by atoms with van der Waals surface area (Å²) in [5.74, 6) is 0. The topological polar surface area (TPSA) is 4.93 Å². The molecule has 20 heavy (non-hydrogen) atoms. The molecule has 4 aromatic rings. The second-order valence-corrected chi connectivity index (χ2v) is 8.21. The van der Waals surface area contributed by atoms with Crippen LogP contribution in [0.4, 0.5) is 0 Å². The second kappa shape index (κ2) is 4.74. The van der Waals surface area contributed by atoms with Crippen molar-refractivity contribution in [2.75, 3.05) is 0 Å². The van der Waals surface area contributed by atoms with Gasteiger partial charge in [0.25, 0.3) is 0 Å². The molecular formula is C18H12HgN. The van der Waals surface area contributed by atoms with Gasteiger partial charge in [0.05, 0.1) is 0 Å². The molecule has 0 aliphatic heterocycles. The Labute approximate surface area is 133 Å². The van der Waals surface area contributed by atoms with Crippen molar-refractivity contribution in [2.45, 2.75) is 0 Å². The minimum atomic E-state index is 0.667. The number of hydrogen-bond donors (Lipinski definition) is 0. The zero-order chi connectivity index (χ0) is 13.5. The molecule has 0 spiro atoms. The number of para-hydroxylation sites is 2. The van der Waals surface area contributed by atoms with Crippen LogP contribution in [0.3, 0.4) is 0 Å². The third-order valence-electron chi connectivity index (χ3n) is 3.75. The zero-order valence-corrected chi connectivity index (χ0v) is 16.6. The van der Waals surface area contributed by atoms with Gasteiger partial charge in [0, 0.05) is 0 Å². The van der Waals surface area contributed by atoms with Crippen molar-refractivity contribution in [2.24, 2.45) is 0 Å². The van der Waals surface area contributed by atoms with Crippen LogP contribution in [0.1, 0.15) is 0 Å². The Morgan fingerprint density at radius 1 is 0.650 bits per heavy atom. The van der Waals surface area contributed by atoms with Crippen molar-refractivity contribution >= 4 is 24.9 Å². The molecule has 0 bridgehead atoms. The molecule has 91 valence electrons. The van der Waals surface area contributed by atoms with E-state index in [0.29, 0.717) is 26.1 Å². The molecular weight excluding hydrogens is 431 g/mol. The van der Waals surface area contributed by atoms with Crippen molar-refractivity contribution in [1.29, 1.82) is 0 Å². The first kappa shape index (κ1) is 12.2. The van der Waals surface area contributed by atoms with Gasteiger partial charge in [-0.05, 0) is 0 Å². The number of benzene rings is 3. The summed E-state index contributed by atoms with van der Waals surface area (Å²) in [6.07, 6.45) is 0. The zero-order valence-electron chi connectivity index (χ0n) is 11.1. The normalized spacial score (nSPS) is 11.3. The fourth-order valence-corrected chi connectivity index (χ4v) is 4.13. The van der Waals surface area contributed by atoms with Gasteiger partial charge in [-0.25, -0.2) is 0 Å². The predicted molar refractivity (Wildman–Crippen MR) is 80.4 cm³/mol. The monoisotopic (exact) mass is 444 g/mol. The van der Waals surface area contributed by atoms with Crippen molar-refractivity contribution < 1.29 is 26.1 Å². The predicted octanol–water partition coefficient (Wildman–Crippen LogP) is 3.96. The SMILES string of the molecule is [Hg][c]1ccc2c(c1)c1ccccc1n2-c1ccccc1. The first-order chi connectivity index (χ1) is 9.84. The summed E-state index contributed by atoms with van der Waals surface area (Å²) < 4.78 is 3.85. The van der Waals surface area contributed by atoms with E-state index in [1.807, 2.05) is 0 Å². The van der Waals surface area contributed by atoms with E-state index in [9.17, 15) is 0 Å². The third kappa shape index (κ3) is 1.81. The van der Waals surface area contributed by atoms with Crippen LogP contribution in [-0.2, 0) is 26.1 Å². The van der Waals surface area contributed by atoms with E-state index in [0.717, 1.165) is 0 Å². The number of nitrogens with zero attached hydrogens (tertiary/aromatic N) is 1.